The number of thiazole rings is 1. The summed E-state index contributed by atoms with van der Waals surface area (Å²) < 4.78 is 0. The van der Waals surface area contributed by atoms with Crippen LogP contribution in [0, 0.1) is 11.3 Å². The zero-order valence-corrected chi connectivity index (χ0v) is 17.9. The van der Waals surface area contributed by atoms with Crippen molar-refractivity contribution in [1.82, 2.24) is 20.9 Å². The third-order valence-electron chi connectivity index (χ3n) is 5.96. The van der Waals surface area contributed by atoms with E-state index in [1.54, 1.807) is 12.1 Å². The molecule has 4 rings (SSSR count). The van der Waals surface area contributed by atoms with Crippen LogP contribution in [0.15, 0.2) is 35.7 Å². The van der Waals surface area contributed by atoms with Gasteiger partial charge in [0.15, 0.2) is 0 Å². The predicted octanol–water partition coefficient (Wildman–Crippen LogP) is 2.89. The molecule has 1 aliphatic carbocycles. The molecule has 0 unspecified atom stereocenters. The fourth-order valence-corrected chi connectivity index (χ4v) is 5.13. The van der Waals surface area contributed by atoms with Crippen LogP contribution in [0.2, 0.25) is 0 Å². The van der Waals surface area contributed by atoms with Crippen LogP contribution in [0.5, 0.6) is 0 Å². The molecule has 29 heavy (non-hydrogen) atoms. The van der Waals surface area contributed by atoms with Crippen molar-refractivity contribution in [2.24, 2.45) is 11.3 Å². The third kappa shape index (κ3) is 4.79. The van der Waals surface area contributed by atoms with Gasteiger partial charge in [-0.25, -0.2) is 4.98 Å². The molecular weight excluding hydrogens is 408 g/mol. The number of nitrogens with one attached hydrogen (secondary N) is 3. The zero-order valence-electron chi connectivity index (χ0n) is 16.3. The van der Waals surface area contributed by atoms with Crippen molar-refractivity contribution < 1.29 is 9.59 Å². The summed E-state index contributed by atoms with van der Waals surface area (Å²) in [4.78, 5) is 29.6. The number of fused-ring (bicyclic) bond motifs is 1. The van der Waals surface area contributed by atoms with E-state index >= 15 is 0 Å². The smallest absolute Gasteiger partial charge is 0.251 e. The van der Waals surface area contributed by atoms with Gasteiger partial charge < -0.3 is 16.0 Å². The molecule has 3 N–H and O–H groups in total. The fraction of sp³-hybridized carbons (Fsp3) is 0.476. The Hall–Kier alpha value is -1.96. The molecule has 2 aromatic rings. The maximum absolute atomic E-state index is 12.9. The quantitative estimate of drug-likeness (QED) is 0.652. The van der Waals surface area contributed by atoms with Crippen LogP contribution >= 0.6 is 23.7 Å². The van der Waals surface area contributed by atoms with Gasteiger partial charge in [-0.15, -0.1) is 23.7 Å². The van der Waals surface area contributed by atoms with E-state index in [0.29, 0.717) is 24.6 Å². The van der Waals surface area contributed by atoms with Crippen LogP contribution in [0.1, 0.15) is 46.7 Å². The fourth-order valence-electron chi connectivity index (χ4n) is 4.40. The average Bonchev–Trinajstić information content (AvgIpc) is 3.38. The number of benzene rings is 1. The first kappa shape index (κ1) is 21.7. The Morgan fingerprint density at radius 2 is 2.00 bits per heavy atom. The van der Waals surface area contributed by atoms with Crippen molar-refractivity contribution in [3.8, 4) is 0 Å². The second kappa shape index (κ2) is 9.69. The van der Waals surface area contributed by atoms with Gasteiger partial charge in [0.2, 0.25) is 5.91 Å². The Labute approximate surface area is 181 Å². The van der Waals surface area contributed by atoms with Gasteiger partial charge in [-0.2, -0.15) is 0 Å². The number of amides is 2. The van der Waals surface area contributed by atoms with E-state index in [1.165, 1.54) is 17.8 Å². The SMILES string of the molecule is Cl.O=C(NCc1nc(CNC(=O)[C@@]23CCCC[C@H]2CNC3)cs1)c1ccccc1. The summed E-state index contributed by atoms with van der Waals surface area (Å²) in [7, 11) is 0. The third-order valence-corrected chi connectivity index (χ3v) is 6.85. The second-order valence-electron chi connectivity index (χ2n) is 7.69. The molecule has 2 heterocycles. The lowest BCUT2D eigenvalue weighted by Crippen LogP contribution is -2.47. The molecule has 1 saturated heterocycles. The first-order valence-corrected chi connectivity index (χ1v) is 10.8. The molecule has 2 fully saturated rings. The van der Waals surface area contributed by atoms with Gasteiger partial charge in [0, 0.05) is 17.5 Å². The molecule has 8 heteroatoms. The summed E-state index contributed by atoms with van der Waals surface area (Å²) in [6.45, 7) is 2.57. The van der Waals surface area contributed by atoms with Crippen molar-refractivity contribution in [3.63, 3.8) is 0 Å². The van der Waals surface area contributed by atoms with E-state index in [2.05, 4.69) is 20.9 Å². The first-order valence-electron chi connectivity index (χ1n) is 9.93. The monoisotopic (exact) mass is 434 g/mol. The van der Waals surface area contributed by atoms with E-state index in [4.69, 9.17) is 0 Å². The highest BCUT2D eigenvalue weighted by atomic mass is 35.5. The van der Waals surface area contributed by atoms with Crippen LogP contribution in [0.25, 0.3) is 0 Å². The van der Waals surface area contributed by atoms with Crippen LogP contribution < -0.4 is 16.0 Å². The van der Waals surface area contributed by atoms with E-state index in [9.17, 15) is 9.59 Å². The largest absolute Gasteiger partial charge is 0.350 e. The lowest BCUT2D eigenvalue weighted by atomic mass is 9.67. The van der Waals surface area contributed by atoms with Crippen LogP contribution in [0.3, 0.4) is 0 Å². The standard InChI is InChI=1S/C21H26N4O2S.ClH/c26-19(15-6-2-1-3-7-15)23-12-18-25-17(13-28-18)11-24-20(27)21-9-5-4-8-16(21)10-22-14-21;/h1-3,6-7,13,16,22H,4-5,8-12,14H2,(H,23,26)(H,24,27);1H/t16-,21+;/m0./s1. The summed E-state index contributed by atoms with van der Waals surface area (Å²) >= 11 is 1.50. The zero-order chi connectivity index (χ0) is 19.4. The van der Waals surface area contributed by atoms with Crippen LogP contribution in [0.4, 0.5) is 0 Å². The molecule has 1 aromatic heterocycles. The molecule has 2 atom stereocenters. The Morgan fingerprint density at radius 3 is 2.83 bits per heavy atom. The molecule has 1 aromatic carbocycles. The number of hydrogen-bond acceptors (Lipinski definition) is 5. The van der Waals surface area contributed by atoms with Crippen molar-refractivity contribution >= 4 is 35.6 Å². The maximum Gasteiger partial charge on any atom is 0.251 e. The number of halogens is 1. The molecule has 2 aliphatic rings. The van der Waals surface area contributed by atoms with Gasteiger partial charge in [-0.3, -0.25) is 9.59 Å². The van der Waals surface area contributed by atoms with Crippen LogP contribution in [-0.4, -0.2) is 29.9 Å². The molecule has 1 saturated carbocycles. The molecule has 156 valence electrons. The molecule has 2 amide bonds. The topological polar surface area (TPSA) is 83.1 Å². The molecule has 0 bridgehead atoms. The van der Waals surface area contributed by atoms with Crippen molar-refractivity contribution in [3.05, 3.63) is 52.0 Å². The number of hydrogen-bond donors (Lipinski definition) is 3. The molecule has 1 aliphatic heterocycles. The normalized spacial score (nSPS) is 23.0. The molecular formula is C21H27ClN4O2S. The van der Waals surface area contributed by atoms with Gasteiger partial charge in [0.25, 0.3) is 5.91 Å². The number of aromatic nitrogens is 1. The lowest BCUT2D eigenvalue weighted by Gasteiger charge is -2.37. The maximum atomic E-state index is 12.9. The van der Waals surface area contributed by atoms with Gasteiger partial charge in [-0.05, 0) is 37.4 Å². The summed E-state index contributed by atoms with van der Waals surface area (Å²) in [6.07, 6.45) is 4.48. The average molecular weight is 435 g/mol. The van der Waals surface area contributed by atoms with Crippen molar-refractivity contribution in [1.29, 1.82) is 0 Å². The minimum absolute atomic E-state index is 0. The minimum Gasteiger partial charge on any atom is -0.350 e. The Bertz CT molecular complexity index is 844. The number of nitrogens with zero attached hydrogens (tertiary/aromatic N) is 1. The van der Waals surface area contributed by atoms with E-state index in [-0.39, 0.29) is 29.6 Å². The predicted molar refractivity (Wildman–Crippen MR) is 116 cm³/mol. The Kier molecular flexibility index (Phi) is 7.27. The Morgan fingerprint density at radius 1 is 1.17 bits per heavy atom. The number of rotatable bonds is 6. The number of carbonyl (C=O) groups excluding carboxylic acids is 2. The van der Waals surface area contributed by atoms with E-state index in [1.807, 2.05) is 23.6 Å². The van der Waals surface area contributed by atoms with E-state index < -0.39 is 0 Å². The van der Waals surface area contributed by atoms with Crippen LogP contribution in [-0.2, 0) is 17.9 Å². The summed E-state index contributed by atoms with van der Waals surface area (Å²) in [5.41, 5.74) is 1.25. The lowest BCUT2D eigenvalue weighted by molar-refractivity contribution is -0.134. The molecule has 6 nitrogen and oxygen atoms in total. The second-order valence-corrected chi connectivity index (χ2v) is 8.64. The van der Waals surface area contributed by atoms with E-state index in [0.717, 1.165) is 43.1 Å². The van der Waals surface area contributed by atoms with Gasteiger partial charge >= 0.3 is 0 Å². The van der Waals surface area contributed by atoms with Gasteiger partial charge in [-0.1, -0.05) is 31.0 Å². The van der Waals surface area contributed by atoms with Gasteiger partial charge in [0.05, 0.1) is 24.2 Å². The van der Waals surface area contributed by atoms with Gasteiger partial charge in [0.1, 0.15) is 5.01 Å². The summed E-state index contributed by atoms with van der Waals surface area (Å²) in [5, 5.41) is 12.2. The van der Waals surface area contributed by atoms with Crippen molar-refractivity contribution in [2.45, 2.75) is 38.8 Å². The highest BCUT2D eigenvalue weighted by Gasteiger charge is 2.49. The number of carbonyl (C=O) groups is 2. The minimum atomic E-state index is -0.235. The highest BCUT2D eigenvalue weighted by Crippen LogP contribution is 2.43. The highest BCUT2D eigenvalue weighted by molar-refractivity contribution is 7.09. The molecule has 0 spiro atoms. The first-order chi connectivity index (χ1) is 13.7. The summed E-state index contributed by atoms with van der Waals surface area (Å²) in [6, 6.07) is 9.14. The summed E-state index contributed by atoms with van der Waals surface area (Å²) in [5.74, 6) is 0.511. The molecule has 0 radical (unpaired) electrons. The Balaban J connectivity index is 0.00000240. The van der Waals surface area contributed by atoms with Crippen molar-refractivity contribution in [2.75, 3.05) is 13.1 Å².